The normalized spacial score (nSPS) is 16.2. The first kappa shape index (κ1) is 24.0. The zero-order valence-corrected chi connectivity index (χ0v) is 11.8. The monoisotopic (exact) mass is 430 g/mol. The van der Waals surface area contributed by atoms with E-state index in [4.69, 9.17) is 4.55 Å². The van der Waals surface area contributed by atoms with E-state index >= 15 is 0 Å². The highest BCUT2D eigenvalue weighted by Crippen LogP contribution is 2.60. The second-order valence-corrected chi connectivity index (χ2v) is 6.11. The minimum Gasteiger partial charge on any atom is -0.286 e. The largest absolute Gasteiger partial charge is 0.460 e. The predicted octanol–water partition coefficient (Wildman–Crippen LogP) is 4.00. The van der Waals surface area contributed by atoms with Gasteiger partial charge in [-0.1, -0.05) is 0 Å². The fourth-order valence-electron chi connectivity index (χ4n) is 1.22. The van der Waals surface area contributed by atoms with Crippen LogP contribution in [0.3, 0.4) is 0 Å². The first-order valence-corrected chi connectivity index (χ1v) is 6.97. The van der Waals surface area contributed by atoms with Gasteiger partial charge in [-0.2, -0.15) is 65.5 Å². The lowest BCUT2D eigenvalue weighted by atomic mass is 9.96. The van der Waals surface area contributed by atoms with Gasteiger partial charge < -0.3 is 0 Å². The molecule has 0 fully saturated rings. The maximum absolute atomic E-state index is 13.0. The van der Waals surface area contributed by atoms with Gasteiger partial charge >= 0.3 is 35.8 Å². The van der Waals surface area contributed by atoms with E-state index in [0.717, 1.165) is 0 Å². The second kappa shape index (κ2) is 6.02. The Kier molecular flexibility index (Phi) is 5.78. The summed E-state index contributed by atoms with van der Waals surface area (Å²) in [5, 5.41) is 0. The number of hydrogen-bond donors (Lipinski definition) is 1. The van der Waals surface area contributed by atoms with Crippen molar-refractivity contribution in [3.8, 4) is 0 Å². The molecule has 3 nitrogen and oxygen atoms in total. The van der Waals surface area contributed by atoms with Crippen LogP contribution in [0.2, 0.25) is 0 Å². The summed E-state index contributed by atoms with van der Waals surface area (Å²) in [4.78, 5) is 0. The van der Waals surface area contributed by atoms with Gasteiger partial charge in [0, 0.05) is 6.42 Å². The van der Waals surface area contributed by atoms with E-state index in [2.05, 4.69) is 0 Å². The van der Waals surface area contributed by atoms with Crippen molar-refractivity contribution in [1.29, 1.82) is 0 Å². The highest BCUT2D eigenvalue weighted by atomic mass is 32.2. The quantitative estimate of drug-likeness (QED) is 0.378. The molecule has 1 N–H and O–H groups in total. The van der Waals surface area contributed by atoms with Gasteiger partial charge in [-0.25, -0.2) is 0 Å². The molecule has 0 aliphatic carbocycles. The van der Waals surface area contributed by atoms with Crippen molar-refractivity contribution < 1.29 is 70.0 Å². The third kappa shape index (κ3) is 3.90. The van der Waals surface area contributed by atoms with Gasteiger partial charge in [0.1, 0.15) is 0 Å². The van der Waals surface area contributed by atoms with Gasteiger partial charge in [-0.05, 0) is 0 Å². The summed E-state index contributed by atoms with van der Waals surface area (Å²) in [5.74, 6) is -40.3. The first-order valence-electron chi connectivity index (χ1n) is 5.36. The highest BCUT2D eigenvalue weighted by molar-refractivity contribution is 7.85. The lowest BCUT2D eigenvalue weighted by molar-refractivity contribution is -0.439. The maximum Gasteiger partial charge on any atom is 0.460 e. The summed E-state index contributed by atoms with van der Waals surface area (Å²) in [7, 11) is -5.52. The maximum atomic E-state index is 13.0. The molecule has 0 bridgehead atoms. The molecule has 0 aliphatic heterocycles. The molecule has 0 unspecified atom stereocenters. The lowest BCUT2D eigenvalue weighted by Gasteiger charge is -2.39. The van der Waals surface area contributed by atoms with Crippen molar-refractivity contribution in [3.63, 3.8) is 0 Å². The average Bonchev–Trinajstić information content (AvgIpc) is 2.33. The van der Waals surface area contributed by atoms with Crippen molar-refractivity contribution in [1.82, 2.24) is 0 Å². The van der Waals surface area contributed by atoms with Crippen LogP contribution in [0.4, 0.5) is 57.1 Å². The van der Waals surface area contributed by atoms with Crippen molar-refractivity contribution in [3.05, 3.63) is 0 Å². The van der Waals surface area contributed by atoms with Crippen LogP contribution in [0.25, 0.3) is 0 Å². The van der Waals surface area contributed by atoms with Gasteiger partial charge in [0.2, 0.25) is 0 Å². The smallest absolute Gasteiger partial charge is 0.286 e. The van der Waals surface area contributed by atoms with Crippen molar-refractivity contribution in [2.75, 3.05) is 5.75 Å². The third-order valence-corrected chi connectivity index (χ3v) is 3.39. The van der Waals surface area contributed by atoms with E-state index in [1.807, 2.05) is 0 Å². The van der Waals surface area contributed by atoms with E-state index in [-0.39, 0.29) is 0 Å². The summed E-state index contributed by atoms with van der Waals surface area (Å²) in [6, 6.07) is 0. The fourth-order valence-corrected chi connectivity index (χ4v) is 1.73. The van der Waals surface area contributed by atoms with Crippen molar-refractivity contribution >= 4 is 10.1 Å². The van der Waals surface area contributed by atoms with Crippen LogP contribution in [0.15, 0.2) is 0 Å². The molecule has 0 heterocycles. The van der Waals surface area contributed by atoms with E-state index in [0.29, 0.717) is 0 Å². The van der Waals surface area contributed by atoms with Crippen LogP contribution in [-0.4, -0.2) is 54.5 Å². The van der Waals surface area contributed by atoms with Gasteiger partial charge in [0.25, 0.3) is 10.1 Å². The summed E-state index contributed by atoms with van der Waals surface area (Å²) in [6.07, 6.45) is -10.5. The predicted molar refractivity (Wildman–Crippen MR) is 51.8 cm³/mol. The molecule has 0 saturated heterocycles. The minimum atomic E-state index is -8.04. The van der Waals surface area contributed by atoms with Crippen LogP contribution >= 0.6 is 0 Å². The molecule has 0 aromatic heterocycles. The van der Waals surface area contributed by atoms with E-state index < -0.39 is 58.1 Å². The molecule has 17 heteroatoms. The molecule has 0 rings (SSSR count). The average molecular weight is 430 g/mol. The van der Waals surface area contributed by atoms with Gasteiger partial charge in [0.15, 0.2) is 0 Å². The van der Waals surface area contributed by atoms with Crippen LogP contribution in [0.1, 0.15) is 6.42 Å². The van der Waals surface area contributed by atoms with Gasteiger partial charge in [-0.3, -0.25) is 4.55 Å². The number of halogens is 13. The van der Waals surface area contributed by atoms with Crippen LogP contribution in [0.5, 0.6) is 0 Å². The number of rotatable bonds is 7. The molecular formula is C8H5F13O3S. The SMILES string of the molecule is O=S(=O)(O)[13CH2][13CH2]C(F)(F)C(F)(F)C(F)(F)C(F)(F)C(F)(F)C(F)(F)F. The van der Waals surface area contributed by atoms with Crippen LogP contribution in [0, 0.1) is 0 Å². The standard InChI is InChI=1S/C8H5F13O3S/c9-3(10,1-2-25(22,23)24)4(11,12)5(13,14)6(15,16)7(17,18)8(19,20)21/h1-2H2,(H,22,23,24)/i1+1,2+1. The van der Waals surface area contributed by atoms with E-state index in [1.165, 1.54) is 0 Å². The van der Waals surface area contributed by atoms with E-state index in [1.54, 1.807) is 0 Å². The Bertz CT molecular complexity index is 591. The van der Waals surface area contributed by atoms with Gasteiger partial charge in [0.05, 0.1) is 5.75 Å². The summed E-state index contributed by atoms with van der Waals surface area (Å²) < 4.78 is 192. The van der Waals surface area contributed by atoms with Crippen molar-refractivity contribution in [2.24, 2.45) is 0 Å². The summed E-state index contributed by atoms with van der Waals surface area (Å²) in [5.41, 5.74) is 0. The Labute approximate surface area is 129 Å². The molecule has 0 aromatic rings. The topological polar surface area (TPSA) is 54.4 Å². The Balaban J connectivity index is 6.11. The molecule has 0 atom stereocenters. The molecule has 0 spiro atoms. The molecule has 0 radical (unpaired) electrons. The molecule has 0 amide bonds. The molecule has 0 aromatic carbocycles. The molecule has 0 aliphatic rings. The molecular weight excluding hydrogens is 425 g/mol. The Hall–Kier alpha value is -1.00. The zero-order chi connectivity index (χ0) is 20.9. The number of alkyl halides is 13. The Morgan fingerprint density at radius 2 is 0.920 bits per heavy atom. The lowest BCUT2D eigenvalue weighted by Crippen LogP contribution is -2.70. The Morgan fingerprint density at radius 3 is 1.20 bits per heavy atom. The first-order chi connectivity index (χ1) is 10.5. The van der Waals surface area contributed by atoms with Crippen LogP contribution < -0.4 is 0 Å². The van der Waals surface area contributed by atoms with E-state index in [9.17, 15) is 65.5 Å². The highest BCUT2D eigenvalue weighted by Gasteiger charge is 2.90. The van der Waals surface area contributed by atoms with Gasteiger partial charge in [-0.15, -0.1) is 0 Å². The fraction of sp³-hybridized carbons (Fsp3) is 1.00. The number of hydrogen-bond acceptors (Lipinski definition) is 2. The molecule has 0 saturated carbocycles. The van der Waals surface area contributed by atoms with Crippen LogP contribution in [-0.2, 0) is 10.1 Å². The van der Waals surface area contributed by atoms with Crippen molar-refractivity contribution in [2.45, 2.75) is 42.2 Å². The second-order valence-electron chi connectivity index (χ2n) is 4.54. The Morgan fingerprint density at radius 1 is 0.600 bits per heavy atom. The zero-order valence-electron chi connectivity index (χ0n) is 11.0. The molecule has 152 valence electrons. The molecule has 25 heavy (non-hydrogen) atoms. The minimum absolute atomic E-state index is 2.41. The summed E-state index contributed by atoms with van der Waals surface area (Å²) in [6.45, 7) is 0. The summed E-state index contributed by atoms with van der Waals surface area (Å²) >= 11 is 0. The third-order valence-electron chi connectivity index (χ3n) is 2.67.